The van der Waals surface area contributed by atoms with Crippen LogP contribution in [0.15, 0.2) is 84.9 Å². The van der Waals surface area contributed by atoms with Gasteiger partial charge in [0, 0.05) is 36.0 Å². The van der Waals surface area contributed by atoms with Crippen LogP contribution in [0.3, 0.4) is 0 Å². The third-order valence-electron chi connectivity index (χ3n) is 5.89. The monoisotopic (exact) mass is 375 g/mol. The van der Waals surface area contributed by atoms with Gasteiger partial charge in [0.2, 0.25) is 0 Å². The predicted molar refractivity (Wildman–Crippen MR) is 122 cm³/mol. The Morgan fingerprint density at radius 3 is 2.21 bits per heavy atom. The number of anilines is 4. The molecule has 3 heteroatoms. The Bertz CT molecular complexity index is 1250. The molecule has 0 atom stereocenters. The first-order valence-electron chi connectivity index (χ1n) is 10.0. The van der Waals surface area contributed by atoms with Gasteiger partial charge in [-0.25, -0.2) is 0 Å². The van der Waals surface area contributed by atoms with Crippen LogP contribution in [0.5, 0.6) is 0 Å². The molecule has 0 amide bonds. The summed E-state index contributed by atoms with van der Waals surface area (Å²) in [5.41, 5.74) is 11.0. The number of aromatic nitrogens is 1. The molecule has 4 aromatic rings. The number of para-hydroxylation sites is 3. The molecule has 2 aliphatic rings. The maximum absolute atomic E-state index is 3.74. The molecule has 6 rings (SSSR count). The highest BCUT2D eigenvalue weighted by molar-refractivity contribution is 6.07. The summed E-state index contributed by atoms with van der Waals surface area (Å²) in [6.45, 7) is 0.920. The number of likely N-dealkylation sites (N-methyl/N-ethyl adjacent to an activating group) is 1. The Morgan fingerprint density at radius 1 is 0.759 bits per heavy atom. The van der Waals surface area contributed by atoms with Crippen molar-refractivity contribution in [2.24, 2.45) is 0 Å². The summed E-state index contributed by atoms with van der Waals surface area (Å²) in [6.07, 6.45) is 4.43. The lowest BCUT2D eigenvalue weighted by molar-refractivity contribution is 1.02. The molecule has 3 nitrogen and oxygen atoms in total. The van der Waals surface area contributed by atoms with Crippen LogP contribution in [0.2, 0.25) is 0 Å². The van der Waals surface area contributed by atoms with Crippen LogP contribution in [0.25, 0.3) is 28.5 Å². The fourth-order valence-corrected chi connectivity index (χ4v) is 4.66. The van der Waals surface area contributed by atoms with Crippen LogP contribution in [-0.2, 0) is 0 Å². The third kappa shape index (κ3) is 2.31. The molecule has 1 N–H and O–H groups in total. The van der Waals surface area contributed by atoms with Crippen molar-refractivity contribution in [2.75, 3.05) is 23.4 Å². The van der Waals surface area contributed by atoms with E-state index in [4.69, 9.17) is 0 Å². The molecule has 1 aromatic heterocycles. The molecule has 0 bridgehead atoms. The minimum atomic E-state index is 0.920. The first-order chi connectivity index (χ1) is 14.3. The van der Waals surface area contributed by atoms with E-state index in [1.807, 2.05) is 0 Å². The molecule has 29 heavy (non-hydrogen) atoms. The second-order valence-electron chi connectivity index (χ2n) is 7.63. The van der Waals surface area contributed by atoms with Gasteiger partial charge < -0.3 is 14.8 Å². The molecule has 0 fully saturated rings. The summed E-state index contributed by atoms with van der Waals surface area (Å²) < 4.78 is 0. The minimum absolute atomic E-state index is 0.920. The molecule has 0 aliphatic carbocycles. The van der Waals surface area contributed by atoms with Crippen molar-refractivity contribution in [3.63, 3.8) is 0 Å². The van der Waals surface area contributed by atoms with Crippen molar-refractivity contribution in [1.29, 1.82) is 0 Å². The lowest BCUT2D eigenvalue weighted by atomic mass is 9.98. The number of aromatic amines is 1. The number of nitrogens with zero attached hydrogens (tertiary/aromatic N) is 2. The van der Waals surface area contributed by atoms with Gasteiger partial charge in [0.1, 0.15) is 0 Å². The van der Waals surface area contributed by atoms with Gasteiger partial charge in [-0.3, -0.25) is 0 Å². The van der Waals surface area contributed by atoms with E-state index in [1.54, 1.807) is 0 Å². The number of nitrogens with one attached hydrogen (secondary N) is 1. The molecule has 0 radical (unpaired) electrons. The van der Waals surface area contributed by atoms with Crippen LogP contribution < -0.4 is 9.80 Å². The lowest BCUT2D eigenvalue weighted by Gasteiger charge is -2.28. The molecule has 0 saturated heterocycles. The topological polar surface area (TPSA) is 22.3 Å². The number of benzene rings is 3. The first kappa shape index (κ1) is 16.3. The molecule has 3 heterocycles. The number of H-pyrrole nitrogens is 1. The minimum Gasteiger partial charge on any atom is -0.369 e. The number of rotatable bonds is 1. The van der Waals surface area contributed by atoms with Crippen molar-refractivity contribution in [3.8, 4) is 22.4 Å². The van der Waals surface area contributed by atoms with E-state index < -0.39 is 0 Å². The quantitative estimate of drug-likeness (QED) is 0.357. The Morgan fingerprint density at radius 2 is 1.41 bits per heavy atom. The van der Waals surface area contributed by atoms with E-state index in [1.165, 1.54) is 50.8 Å². The highest BCUT2D eigenvalue weighted by atomic mass is 15.2. The molecular weight excluding hydrogens is 354 g/mol. The summed E-state index contributed by atoms with van der Waals surface area (Å²) >= 11 is 0. The maximum Gasteiger partial charge on any atom is 0.0707 e. The average Bonchev–Trinajstić information content (AvgIpc) is 3.11. The van der Waals surface area contributed by atoms with Gasteiger partial charge >= 0.3 is 0 Å². The first-order valence-corrected chi connectivity index (χ1v) is 10.0. The van der Waals surface area contributed by atoms with E-state index in [9.17, 15) is 0 Å². The zero-order chi connectivity index (χ0) is 19.4. The van der Waals surface area contributed by atoms with Gasteiger partial charge in [0.15, 0.2) is 0 Å². The summed E-state index contributed by atoms with van der Waals surface area (Å²) in [7, 11) is 2.17. The van der Waals surface area contributed by atoms with Gasteiger partial charge in [-0.15, -0.1) is 0 Å². The Balaban J connectivity index is 1.76. The Labute approximate surface area is 170 Å². The molecular formula is C26H21N3. The zero-order valence-corrected chi connectivity index (χ0v) is 16.3. The molecule has 0 unspecified atom stereocenters. The molecule has 3 aromatic carbocycles. The normalized spacial score (nSPS) is 14.0. The van der Waals surface area contributed by atoms with E-state index in [2.05, 4.69) is 113 Å². The van der Waals surface area contributed by atoms with Crippen molar-refractivity contribution >= 4 is 28.8 Å². The predicted octanol–water partition coefficient (Wildman–Crippen LogP) is 6.59. The van der Waals surface area contributed by atoms with E-state index >= 15 is 0 Å². The van der Waals surface area contributed by atoms with E-state index in [0.717, 1.165) is 6.54 Å². The van der Waals surface area contributed by atoms with Gasteiger partial charge in [0.25, 0.3) is 0 Å². The number of fused-ring (bicyclic) bond motifs is 7. The largest absolute Gasteiger partial charge is 0.369 e. The highest BCUT2D eigenvalue weighted by Crippen LogP contribution is 2.54. The third-order valence-corrected chi connectivity index (χ3v) is 5.89. The molecule has 0 saturated carbocycles. The van der Waals surface area contributed by atoms with Gasteiger partial charge in [-0.05, 0) is 30.3 Å². The van der Waals surface area contributed by atoms with Crippen molar-refractivity contribution < 1.29 is 0 Å². The SMILES string of the molecule is CN1CC=Cc2[nH]c3c(c21)-c1ccccc1N(c1ccccc1)c1ccccc1-3. The lowest BCUT2D eigenvalue weighted by Crippen LogP contribution is -2.20. The summed E-state index contributed by atoms with van der Waals surface area (Å²) in [4.78, 5) is 8.45. The Kier molecular flexibility index (Phi) is 3.44. The molecule has 2 aliphatic heterocycles. The van der Waals surface area contributed by atoms with Crippen molar-refractivity contribution in [1.82, 2.24) is 4.98 Å². The standard InChI is InChI=1S/C26H21N3/c1-28-17-9-14-21-26(28)24-19-12-5-7-15-22(19)29(18-10-3-2-4-11-18)23-16-8-6-13-20(23)25(24)27-21/h2-16,27H,17H2,1H3. The average molecular weight is 375 g/mol. The second kappa shape index (κ2) is 6.14. The fourth-order valence-electron chi connectivity index (χ4n) is 4.66. The summed E-state index contributed by atoms with van der Waals surface area (Å²) in [6, 6.07) is 28.1. The molecule has 0 spiro atoms. The summed E-state index contributed by atoms with van der Waals surface area (Å²) in [5, 5.41) is 0. The number of hydrogen-bond donors (Lipinski definition) is 1. The van der Waals surface area contributed by atoms with Crippen molar-refractivity contribution in [3.05, 3.63) is 90.6 Å². The maximum atomic E-state index is 3.74. The van der Waals surface area contributed by atoms with Gasteiger partial charge in [-0.2, -0.15) is 0 Å². The van der Waals surface area contributed by atoms with Crippen LogP contribution in [0, 0.1) is 0 Å². The zero-order valence-electron chi connectivity index (χ0n) is 16.3. The smallest absolute Gasteiger partial charge is 0.0707 e. The highest BCUT2D eigenvalue weighted by Gasteiger charge is 2.31. The van der Waals surface area contributed by atoms with Crippen LogP contribution >= 0.6 is 0 Å². The second-order valence-corrected chi connectivity index (χ2v) is 7.63. The summed E-state index contributed by atoms with van der Waals surface area (Å²) in [5.74, 6) is 0. The molecule has 140 valence electrons. The van der Waals surface area contributed by atoms with Crippen LogP contribution in [-0.4, -0.2) is 18.6 Å². The van der Waals surface area contributed by atoms with Crippen molar-refractivity contribution in [2.45, 2.75) is 0 Å². The van der Waals surface area contributed by atoms with Crippen LogP contribution in [0.4, 0.5) is 22.7 Å². The van der Waals surface area contributed by atoms with E-state index in [0.29, 0.717) is 0 Å². The van der Waals surface area contributed by atoms with Gasteiger partial charge in [0.05, 0.1) is 28.5 Å². The van der Waals surface area contributed by atoms with Crippen LogP contribution in [0.1, 0.15) is 5.69 Å². The van der Waals surface area contributed by atoms with Gasteiger partial charge in [-0.1, -0.05) is 60.7 Å². The fraction of sp³-hybridized carbons (Fsp3) is 0.0769. The van der Waals surface area contributed by atoms with E-state index in [-0.39, 0.29) is 0 Å². The Hall–Kier alpha value is -3.72. The number of hydrogen-bond acceptors (Lipinski definition) is 2.